The Labute approximate surface area is 141 Å². The van der Waals surface area contributed by atoms with Crippen LogP contribution in [-0.4, -0.2) is 26.5 Å². The van der Waals surface area contributed by atoms with Crippen LogP contribution in [0.4, 0.5) is 0 Å². The molecule has 6 heteroatoms. The maximum absolute atomic E-state index is 9.16. The van der Waals surface area contributed by atoms with Crippen LogP contribution in [0.25, 0.3) is 0 Å². The summed E-state index contributed by atoms with van der Waals surface area (Å²) >= 11 is 1.78. The predicted molar refractivity (Wildman–Crippen MR) is 92.6 cm³/mol. The lowest BCUT2D eigenvalue weighted by Gasteiger charge is -2.28. The van der Waals surface area contributed by atoms with Crippen LogP contribution in [0.2, 0.25) is 0 Å². The van der Waals surface area contributed by atoms with Gasteiger partial charge in [-0.2, -0.15) is 5.10 Å². The second kappa shape index (κ2) is 6.71. The Morgan fingerprint density at radius 1 is 1.30 bits per heavy atom. The Balaban J connectivity index is 1.80. The Bertz CT molecular complexity index is 670. The van der Waals surface area contributed by atoms with Crippen LogP contribution in [0.15, 0.2) is 5.38 Å². The van der Waals surface area contributed by atoms with Crippen LogP contribution in [-0.2, 0) is 18.6 Å². The highest BCUT2D eigenvalue weighted by Crippen LogP contribution is 2.40. The molecule has 2 heterocycles. The first-order valence-corrected chi connectivity index (χ1v) is 9.25. The van der Waals surface area contributed by atoms with Gasteiger partial charge in [-0.05, 0) is 33.6 Å². The summed E-state index contributed by atoms with van der Waals surface area (Å²) in [6.07, 6.45) is 4.83. The highest BCUT2D eigenvalue weighted by molar-refractivity contribution is 7.09. The fraction of sp³-hybridized carbons (Fsp3) is 0.647. The molecule has 126 valence electrons. The monoisotopic (exact) mass is 334 g/mol. The minimum Gasteiger partial charge on any atom is -0.394 e. The number of nitrogens with zero attached hydrogens (tertiary/aromatic N) is 3. The van der Waals surface area contributed by atoms with Crippen molar-refractivity contribution < 1.29 is 5.11 Å². The van der Waals surface area contributed by atoms with Crippen molar-refractivity contribution in [2.75, 3.05) is 6.61 Å². The summed E-state index contributed by atoms with van der Waals surface area (Å²) in [5.74, 6) is 0. The number of rotatable bonds is 6. The van der Waals surface area contributed by atoms with E-state index in [0.717, 1.165) is 36.5 Å². The van der Waals surface area contributed by atoms with Gasteiger partial charge in [0.25, 0.3) is 0 Å². The van der Waals surface area contributed by atoms with Crippen LogP contribution in [0, 0.1) is 20.8 Å². The molecule has 0 aliphatic heterocycles. The lowest BCUT2D eigenvalue weighted by atomic mass is 9.97. The summed E-state index contributed by atoms with van der Waals surface area (Å²) < 4.78 is 1.90. The maximum atomic E-state index is 9.16. The minimum absolute atomic E-state index is 0.0247. The Morgan fingerprint density at radius 2 is 2.04 bits per heavy atom. The molecule has 0 spiro atoms. The first kappa shape index (κ1) is 16.6. The SMILES string of the molecule is Cc1csc(C2(NCc3c(C)nn(CCO)c3C)CCCC2)n1. The second-order valence-corrected chi connectivity index (χ2v) is 7.39. The number of aromatic nitrogens is 3. The molecule has 0 unspecified atom stereocenters. The summed E-state index contributed by atoms with van der Waals surface area (Å²) in [6.45, 7) is 7.69. The zero-order valence-corrected chi connectivity index (χ0v) is 15.0. The van der Waals surface area contributed by atoms with E-state index in [2.05, 4.69) is 29.6 Å². The number of thiazole rings is 1. The molecular formula is C17H26N4OS. The Hall–Kier alpha value is -1.24. The topological polar surface area (TPSA) is 63.0 Å². The number of aliphatic hydroxyl groups is 1. The second-order valence-electron chi connectivity index (χ2n) is 6.53. The first-order valence-electron chi connectivity index (χ1n) is 8.37. The molecule has 0 bridgehead atoms. The summed E-state index contributed by atoms with van der Waals surface area (Å²) in [6, 6.07) is 0. The van der Waals surface area contributed by atoms with Crippen LogP contribution < -0.4 is 5.32 Å². The summed E-state index contributed by atoms with van der Waals surface area (Å²) in [4.78, 5) is 4.76. The van der Waals surface area contributed by atoms with Crippen LogP contribution >= 0.6 is 11.3 Å². The molecule has 2 aromatic heterocycles. The fourth-order valence-corrected chi connectivity index (χ4v) is 4.61. The zero-order chi connectivity index (χ0) is 16.4. The quantitative estimate of drug-likeness (QED) is 0.853. The van der Waals surface area contributed by atoms with Gasteiger partial charge in [0.2, 0.25) is 0 Å². The fourth-order valence-electron chi connectivity index (χ4n) is 3.58. The lowest BCUT2D eigenvalue weighted by Crippen LogP contribution is -2.39. The van der Waals surface area contributed by atoms with Gasteiger partial charge in [-0.15, -0.1) is 11.3 Å². The molecule has 1 aliphatic carbocycles. The Kier molecular flexibility index (Phi) is 4.85. The van der Waals surface area contributed by atoms with E-state index < -0.39 is 0 Å². The molecule has 5 nitrogen and oxygen atoms in total. The van der Waals surface area contributed by atoms with Crippen molar-refractivity contribution in [1.29, 1.82) is 0 Å². The molecule has 2 aromatic rings. The van der Waals surface area contributed by atoms with E-state index >= 15 is 0 Å². The molecule has 0 atom stereocenters. The molecule has 1 aliphatic rings. The predicted octanol–water partition coefficient (Wildman–Crippen LogP) is 2.82. The standard InChI is InChI=1S/C17H26N4OS/c1-12-11-23-16(19-12)17(6-4-5-7-17)18-10-15-13(2)20-21(8-9-22)14(15)3/h11,18,22H,4-10H2,1-3H3. The summed E-state index contributed by atoms with van der Waals surface area (Å²) in [5, 5.41) is 20.9. The summed E-state index contributed by atoms with van der Waals surface area (Å²) in [5.41, 5.74) is 4.58. The third kappa shape index (κ3) is 3.20. The Morgan fingerprint density at radius 3 is 2.65 bits per heavy atom. The van der Waals surface area contributed by atoms with E-state index in [9.17, 15) is 0 Å². The van der Waals surface area contributed by atoms with Gasteiger partial charge in [0.1, 0.15) is 5.01 Å². The third-order valence-corrected chi connectivity index (χ3v) is 6.10. The van der Waals surface area contributed by atoms with Gasteiger partial charge >= 0.3 is 0 Å². The third-order valence-electron chi connectivity index (χ3n) is 4.93. The van der Waals surface area contributed by atoms with Gasteiger partial charge in [-0.25, -0.2) is 4.98 Å². The molecule has 1 fully saturated rings. The van der Waals surface area contributed by atoms with Crippen molar-refractivity contribution in [3.05, 3.63) is 33.0 Å². The largest absolute Gasteiger partial charge is 0.394 e. The maximum Gasteiger partial charge on any atom is 0.113 e. The minimum atomic E-state index is 0.0247. The van der Waals surface area contributed by atoms with Gasteiger partial charge in [-0.1, -0.05) is 12.8 Å². The number of aryl methyl sites for hydroxylation is 2. The molecule has 0 aromatic carbocycles. The molecule has 3 rings (SSSR count). The summed E-state index contributed by atoms with van der Waals surface area (Å²) in [7, 11) is 0. The molecule has 0 saturated heterocycles. The molecule has 2 N–H and O–H groups in total. The van der Waals surface area contributed by atoms with E-state index in [-0.39, 0.29) is 12.1 Å². The average molecular weight is 334 g/mol. The van der Waals surface area contributed by atoms with Crippen molar-refractivity contribution in [2.45, 2.75) is 65.1 Å². The van der Waals surface area contributed by atoms with Gasteiger partial charge in [0, 0.05) is 28.9 Å². The number of aliphatic hydroxyl groups excluding tert-OH is 1. The number of hydrogen-bond acceptors (Lipinski definition) is 5. The lowest BCUT2D eigenvalue weighted by molar-refractivity contribution is 0.267. The van der Waals surface area contributed by atoms with E-state index in [1.807, 2.05) is 11.6 Å². The van der Waals surface area contributed by atoms with Crippen molar-refractivity contribution in [1.82, 2.24) is 20.1 Å². The average Bonchev–Trinajstić information content (AvgIpc) is 3.21. The van der Waals surface area contributed by atoms with Crippen molar-refractivity contribution in [3.63, 3.8) is 0 Å². The van der Waals surface area contributed by atoms with E-state index in [4.69, 9.17) is 10.1 Å². The number of nitrogens with one attached hydrogen (secondary N) is 1. The van der Waals surface area contributed by atoms with Gasteiger partial charge in [-0.3, -0.25) is 4.68 Å². The normalized spacial score (nSPS) is 17.0. The molecule has 0 radical (unpaired) electrons. The van der Waals surface area contributed by atoms with Gasteiger partial charge in [0.15, 0.2) is 0 Å². The van der Waals surface area contributed by atoms with E-state index in [1.54, 1.807) is 11.3 Å². The number of hydrogen-bond donors (Lipinski definition) is 2. The van der Waals surface area contributed by atoms with Gasteiger partial charge in [0.05, 0.1) is 24.4 Å². The molecule has 0 amide bonds. The molecule has 1 saturated carbocycles. The van der Waals surface area contributed by atoms with E-state index in [0.29, 0.717) is 6.54 Å². The highest BCUT2D eigenvalue weighted by Gasteiger charge is 2.38. The van der Waals surface area contributed by atoms with Gasteiger partial charge < -0.3 is 10.4 Å². The molecular weight excluding hydrogens is 308 g/mol. The van der Waals surface area contributed by atoms with Crippen molar-refractivity contribution >= 4 is 11.3 Å². The molecule has 23 heavy (non-hydrogen) atoms. The van der Waals surface area contributed by atoms with Crippen LogP contribution in [0.1, 0.15) is 53.3 Å². The highest BCUT2D eigenvalue weighted by atomic mass is 32.1. The van der Waals surface area contributed by atoms with Crippen LogP contribution in [0.5, 0.6) is 0 Å². The zero-order valence-electron chi connectivity index (χ0n) is 14.2. The van der Waals surface area contributed by atoms with Crippen LogP contribution in [0.3, 0.4) is 0 Å². The smallest absolute Gasteiger partial charge is 0.113 e. The van der Waals surface area contributed by atoms with Crippen molar-refractivity contribution in [3.8, 4) is 0 Å². The first-order chi connectivity index (χ1) is 11.1. The van der Waals surface area contributed by atoms with E-state index in [1.165, 1.54) is 23.4 Å². The van der Waals surface area contributed by atoms with Crippen molar-refractivity contribution in [2.24, 2.45) is 0 Å².